The molecule has 1 fully saturated rings. The number of carbonyl (C=O) groups is 1. The Hall–Kier alpha value is -2.11. The smallest absolute Gasteiger partial charge is 0.254 e. The number of likely N-dealkylation sites (tertiary alicyclic amines) is 1. The molecule has 2 aromatic carbocycles. The van der Waals surface area contributed by atoms with E-state index in [0.717, 1.165) is 29.4 Å². The van der Waals surface area contributed by atoms with Gasteiger partial charge in [-0.3, -0.25) is 4.79 Å². The SMILES string of the molecule is CN(C)C[C@@H]1CCN(C(=O)c2ccc(N(C)C)c3ccccc23)C[C@H]1O. The summed E-state index contributed by atoms with van der Waals surface area (Å²) in [7, 11) is 8.05. The summed E-state index contributed by atoms with van der Waals surface area (Å²) < 4.78 is 0. The molecule has 0 aromatic heterocycles. The van der Waals surface area contributed by atoms with Gasteiger partial charge in [0.25, 0.3) is 5.91 Å². The minimum atomic E-state index is -0.470. The minimum Gasteiger partial charge on any atom is -0.391 e. The summed E-state index contributed by atoms with van der Waals surface area (Å²) >= 11 is 0. The highest BCUT2D eigenvalue weighted by atomic mass is 16.3. The Morgan fingerprint density at radius 3 is 2.42 bits per heavy atom. The molecule has 26 heavy (non-hydrogen) atoms. The van der Waals surface area contributed by atoms with Crippen molar-refractivity contribution in [3.8, 4) is 0 Å². The molecule has 0 saturated carbocycles. The number of rotatable bonds is 4. The molecule has 3 rings (SSSR count). The number of aliphatic hydroxyl groups is 1. The van der Waals surface area contributed by atoms with E-state index in [0.29, 0.717) is 18.7 Å². The van der Waals surface area contributed by atoms with E-state index in [1.54, 1.807) is 4.90 Å². The number of amides is 1. The lowest BCUT2D eigenvalue weighted by Crippen LogP contribution is -2.49. The van der Waals surface area contributed by atoms with E-state index in [1.807, 2.05) is 58.5 Å². The van der Waals surface area contributed by atoms with Crippen molar-refractivity contribution in [2.24, 2.45) is 5.92 Å². The van der Waals surface area contributed by atoms with Crippen molar-refractivity contribution in [2.75, 3.05) is 52.7 Å². The Labute approximate surface area is 155 Å². The maximum atomic E-state index is 13.2. The lowest BCUT2D eigenvalue weighted by Gasteiger charge is -2.37. The van der Waals surface area contributed by atoms with E-state index in [9.17, 15) is 9.90 Å². The molecule has 1 N–H and O–H groups in total. The molecule has 140 valence electrons. The first-order valence-electron chi connectivity index (χ1n) is 9.19. The maximum Gasteiger partial charge on any atom is 0.254 e. The summed E-state index contributed by atoms with van der Waals surface area (Å²) in [4.78, 5) is 19.1. The van der Waals surface area contributed by atoms with Crippen LogP contribution in [-0.4, -0.2) is 74.7 Å². The van der Waals surface area contributed by atoms with Gasteiger partial charge in [-0.25, -0.2) is 0 Å². The lowest BCUT2D eigenvalue weighted by molar-refractivity contribution is 0.0125. The van der Waals surface area contributed by atoms with Crippen LogP contribution < -0.4 is 4.90 Å². The number of nitrogens with zero attached hydrogens (tertiary/aromatic N) is 3. The first-order valence-corrected chi connectivity index (χ1v) is 9.19. The zero-order valence-electron chi connectivity index (χ0n) is 16.1. The standard InChI is InChI=1S/C21H29N3O2/c1-22(2)13-15-11-12-24(14-20(15)25)21(26)18-9-10-19(23(3)4)17-8-6-5-7-16(17)18/h5-10,15,20,25H,11-14H2,1-4H3/t15-,20+/m0/s1. The van der Waals surface area contributed by atoms with Gasteiger partial charge in [0.15, 0.2) is 0 Å². The molecule has 1 amide bonds. The molecule has 0 unspecified atom stereocenters. The van der Waals surface area contributed by atoms with Gasteiger partial charge in [0.05, 0.1) is 6.10 Å². The molecule has 0 spiro atoms. The molecule has 0 radical (unpaired) electrons. The second-order valence-electron chi connectivity index (χ2n) is 7.70. The molecular weight excluding hydrogens is 326 g/mol. The van der Waals surface area contributed by atoms with Crippen molar-refractivity contribution in [3.05, 3.63) is 42.0 Å². The third kappa shape index (κ3) is 3.69. The Morgan fingerprint density at radius 2 is 1.81 bits per heavy atom. The number of hydrogen-bond acceptors (Lipinski definition) is 4. The summed E-state index contributed by atoms with van der Waals surface area (Å²) in [5.41, 5.74) is 1.81. The van der Waals surface area contributed by atoms with Crippen molar-refractivity contribution >= 4 is 22.4 Å². The molecule has 1 aliphatic rings. The van der Waals surface area contributed by atoms with Crippen LogP contribution >= 0.6 is 0 Å². The number of anilines is 1. The number of carbonyl (C=O) groups excluding carboxylic acids is 1. The van der Waals surface area contributed by atoms with Crippen LogP contribution in [0.4, 0.5) is 5.69 Å². The zero-order valence-corrected chi connectivity index (χ0v) is 16.1. The second kappa shape index (κ2) is 7.64. The van der Waals surface area contributed by atoms with Crippen molar-refractivity contribution in [3.63, 3.8) is 0 Å². The molecular formula is C21H29N3O2. The summed E-state index contributed by atoms with van der Waals surface area (Å²) in [5, 5.41) is 12.5. The van der Waals surface area contributed by atoms with Gasteiger partial charge in [-0.2, -0.15) is 0 Å². The minimum absolute atomic E-state index is 0.00820. The predicted molar refractivity (Wildman–Crippen MR) is 107 cm³/mol. The summed E-state index contributed by atoms with van der Waals surface area (Å²) in [6, 6.07) is 11.9. The highest BCUT2D eigenvalue weighted by Crippen LogP contribution is 2.30. The van der Waals surface area contributed by atoms with Gasteiger partial charge < -0.3 is 19.8 Å². The molecule has 0 bridgehead atoms. The normalized spacial score (nSPS) is 20.6. The first-order chi connectivity index (χ1) is 12.4. The fourth-order valence-electron chi connectivity index (χ4n) is 3.88. The van der Waals surface area contributed by atoms with Crippen LogP contribution in [0.3, 0.4) is 0 Å². The van der Waals surface area contributed by atoms with Crippen LogP contribution in [-0.2, 0) is 0 Å². The monoisotopic (exact) mass is 355 g/mol. The van der Waals surface area contributed by atoms with Gasteiger partial charge in [0, 0.05) is 56.3 Å². The second-order valence-corrected chi connectivity index (χ2v) is 7.70. The van der Waals surface area contributed by atoms with E-state index in [1.165, 1.54) is 0 Å². The van der Waals surface area contributed by atoms with Crippen LogP contribution in [0.5, 0.6) is 0 Å². The molecule has 1 saturated heterocycles. The van der Waals surface area contributed by atoms with Crippen LogP contribution in [0.15, 0.2) is 36.4 Å². The zero-order chi connectivity index (χ0) is 18.8. The molecule has 1 aliphatic heterocycles. The Bertz CT molecular complexity index is 788. The average molecular weight is 355 g/mol. The van der Waals surface area contributed by atoms with E-state index in [4.69, 9.17) is 0 Å². The Morgan fingerprint density at radius 1 is 1.12 bits per heavy atom. The van der Waals surface area contributed by atoms with Crippen LogP contribution in [0.25, 0.3) is 10.8 Å². The van der Waals surface area contributed by atoms with Crippen molar-refractivity contribution in [2.45, 2.75) is 12.5 Å². The van der Waals surface area contributed by atoms with Gasteiger partial charge in [0.1, 0.15) is 0 Å². The highest BCUT2D eigenvalue weighted by Gasteiger charge is 2.31. The number of aliphatic hydroxyl groups excluding tert-OH is 1. The molecule has 5 heteroatoms. The number of hydrogen-bond donors (Lipinski definition) is 1. The first kappa shape index (κ1) is 18.7. The summed E-state index contributed by atoms with van der Waals surface area (Å²) in [6.07, 6.45) is 0.362. The van der Waals surface area contributed by atoms with E-state index < -0.39 is 6.10 Å². The van der Waals surface area contributed by atoms with Gasteiger partial charge in [-0.05, 0) is 38.0 Å². The lowest BCUT2D eigenvalue weighted by atomic mass is 9.92. The van der Waals surface area contributed by atoms with E-state index in [2.05, 4.69) is 15.9 Å². The third-order valence-corrected chi connectivity index (χ3v) is 5.22. The van der Waals surface area contributed by atoms with Crippen LogP contribution in [0.2, 0.25) is 0 Å². The van der Waals surface area contributed by atoms with Crippen molar-refractivity contribution in [1.29, 1.82) is 0 Å². The number of benzene rings is 2. The van der Waals surface area contributed by atoms with Crippen molar-refractivity contribution < 1.29 is 9.90 Å². The van der Waals surface area contributed by atoms with Crippen molar-refractivity contribution in [1.82, 2.24) is 9.80 Å². The third-order valence-electron chi connectivity index (χ3n) is 5.22. The van der Waals surface area contributed by atoms with Gasteiger partial charge >= 0.3 is 0 Å². The van der Waals surface area contributed by atoms with Gasteiger partial charge in [-0.15, -0.1) is 0 Å². The summed E-state index contributed by atoms with van der Waals surface area (Å²) in [6.45, 7) is 1.95. The van der Waals surface area contributed by atoms with Gasteiger partial charge in [-0.1, -0.05) is 24.3 Å². The quantitative estimate of drug-likeness (QED) is 0.914. The van der Waals surface area contributed by atoms with E-state index >= 15 is 0 Å². The van der Waals surface area contributed by atoms with E-state index in [-0.39, 0.29) is 11.8 Å². The highest BCUT2D eigenvalue weighted by molar-refractivity contribution is 6.10. The predicted octanol–water partition coefficient (Wildman–Crippen LogP) is 2.29. The number of β-amino-alcohol motifs (C(OH)–C–C–N with tert-alkyl or cyclic N) is 1. The largest absolute Gasteiger partial charge is 0.391 e. The Kier molecular flexibility index (Phi) is 5.49. The maximum absolute atomic E-state index is 13.2. The average Bonchev–Trinajstić information content (AvgIpc) is 2.61. The van der Waals surface area contributed by atoms with Crippen LogP contribution in [0.1, 0.15) is 16.8 Å². The molecule has 2 aromatic rings. The summed E-state index contributed by atoms with van der Waals surface area (Å²) in [5.74, 6) is 0.232. The fraction of sp³-hybridized carbons (Fsp3) is 0.476. The molecule has 5 nitrogen and oxygen atoms in total. The topological polar surface area (TPSA) is 47.0 Å². The number of piperidine rings is 1. The molecule has 2 atom stereocenters. The van der Waals surface area contributed by atoms with Crippen LogP contribution in [0, 0.1) is 5.92 Å². The Balaban J connectivity index is 1.86. The molecule has 1 heterocycles. The number of fused-ring (bicyclic) bond motifs is 1. The fourth-order valence-corrected chi connectivity index (χ4v) is 3.88. The van der Waals surface area contributed by atoms with Gasteiger partial charge in [0.2, 0.25) is 0 Å². The molecule has 0 aliphatic carbocycles.